The van der Waals surface area contributed by atoms with E-state index < -0.39 is 0 Å². The third-order valence-electron chi connectivity index (χ3n) is 2.62. The van der Waals surface area contributed by atoms with Crippen LogP contribution in [-0.2, 0) is 0 Å². The van der Waals surface area contributed by atoms with Crippen molar-refractivity contribution in [1.82, 2.24) is 10.3 Å². The number of oxazole rings is 1. The van der Waals surface area contributed by atoms with Crippen LogP contribution in [0.15, 0.2) is 10.7 Å². The van der Waals surface area contributed by atoms with Gasteiger partial charge < -0.3 is 9.73 Å². The molecule has 0 aliphatic rings. The van der Waals surface area contributed by atoms with E-state index in [1.54, 1.807) is 11.2 Å². The van der Waals surface area contributed by atoms with E-state index in [1.165, 1.54) is 0 Å². The van der Waals surface area contributed by atoms with Crippen LogP contribution in [0.25, 0.3) is 0 Å². The molecule has 0 saturated heterocycles. The number of carbonyl (C=O) groups excluding carboxylic acids is 1. The summed E-state index contributed by atoms with van der Waals surface area (Å²) in [6, 6.07) is 0.258. The van der Waals surface area contributed by atoms with Gasteiger partial charge in [-0.1, -0.05) is 26.7 Å². The minimum absolute atomic E-state index is 0.126. The molecule has 18 heavy (non-hydrogen) atoms. The number of anilines is 1. The minimum atomic E-state index is -0.126. The second-order valence-corrected chi connectivity index (χ2v) is 4.36. The van der Waals surface area contributed by atoms with Gasteiger partial charge in [0.25, 0.3) is 0 Å². The molecule has 0 atom stereocenters. The molecule has 0 aliphatic heterocycles. The molecule has 1 heterocycles. The first kappa shape index (κ1) is 14.5. The monoisotopic (exact) mass is 253 g/mol. The molecule has 5 nitrogen and oxygen atoms in total. The van der Waals surface area contributed by atoms with Gasteiger partial charge in [0.15, 0.2) is 0 Å². The normalized spacial score (nSPS) is 10.4. The van der Waals surface area contributed by atoms with E-state index in [9.17, 15) is 4.79 Å². The number of amides is 2. The lowest BCUT2D eigenvalue weighted by molar-refractivity contribution is 0.244. The third-order valence-corrected chi connectivity index (χ3v) is 2.62. The van der Waals surface area contributed by atoms with Gasteiger partial charge in [0.1, 0.15) is 6.26 Å². The summed E-state index contributed by atoms with van der Waals surface area (Å²) in [7, 11) is 0. The Morgan fingerprint density at radius 1 is 1.39 bits per heavy atom. The van der Waals surface area contributed by atoms with Crippen molar-refractivity contribution < 1.29 is 9.21 Å². The second kappa shape index (κ2) is 7.74. The maximum atomic E-state index is 12.0. The molecule has 102 valence electrons. The fraction of sp³-hybridized carbons (Fsp3) is 0.692. The number of nitrogens with one attached hydrogen (secondary N) is 1. The number of nitrogens with zero attached hydrogens (tertiary/aromatic N) is 2. The quantitative estimate of drug-likeness (QED) is 0.760. The largest absolute Gasteiger partial charge is 0.431 e. The summed E-state index contributed by atoms with van der Waals surface area (Å²) in [5.74, 6) is 0. The average Bonchev–Trinajstić information content (AvgIpc) is 2.77. The highest BCUT2D eigenvalue weighted by molar-refractivity contribution is 5.89. The molecule has 0 saturated carbocycles. The summed E-state index contributed by atoms with van der Waals surface area (Å²) in [5, 5.41) is 2.89. The molecule has 1 aromatic rings. The molecular weight excluding hydrogens is 230 g/mol. The topological polar surface area (TPSA) is 58.4 Å². The average molecular weight is 253 g/mol. The van der Waals surface area contributed by atoms with E-state index in [-0.39, 0.29) is 6.03 Å². The van der Waals surface area contributed by atoms with E-state index in [1.807, 2.05) is 6.92 Å². The van der Waals surface area contributed by atoms with Gasteiger partial charge in [-0.25, -0.2) is 9.69 Å². The lowest BCUT2D eigenvalue weighted by Gasteiger charge is -2.18. The van der Waals surface area contributed by atoms with Crippen molar-refractivity contribution in [2.45, 2.75) is 46.5 Å². The van der Waals surface area contributed by atoms with E-state index in [0.29, 0.717) is 19.1 Å². The van der Waals surface area contributed by atoms with Gasteiger partial charge in [-0.05, 0) is 19.8 Å². The van der Waals surface area contributed by atoms with Gasteiger partial charge in [0.2, 0.25) is 0 Å². The van der Waals surface area contributed by atoms with Crippen molar-refractivity contribution in [3.05, 3.63) is 12.0 Å². The Morgan fingerprint density at radius 2 is 2.11 bits per heavy atom. The van der Waals surface area contributed by atoms with Gasteiger partial charge in [0, 0.05) is 13.1 Å². The summed E-state index contributed by atoms with van der Waals surface area (Å²) in [5.41, 5.74) is 0.785. The Bertz CT molecular complexity index is 363. The molecule has 1 aromatic heterocycles. The number of aromatic nitrogens is 1. The van der Waals surface area contributed by atoms with Crippen LogP contribution in [0, 0.1) is 6.92 Å². The zero-order chi connectivity index (χ0) is 13.4. The van der Waals surface area contributed by atoms with Crippen LogP contribution >= 0.6 is 0 Å². The van der Waals surface area contributed by atoms with E-state index in [2.05, 4.69) is 24.1 Å². The molecular formula is C13H23N3O2. The lowest BCUT2D eigenvalue weighted by Crippen LogP contribution is -2.41. The number of rotatable bonds is 7. The number of carbonyl (C=O) groups is 1. The van der Waals surface area contributed by atoms with Crippen molar-refractivity contribution in [2.75, 3.05) is 18.0 Å². The molecule has 0 radical (unpaired) electrons. The molecule has 1 N–H and O–H groups in total. The van der Waals surface area contributed by atoms with Crippen molar-refractivity contribution >= 4 is 12.0 Å². The molecule has 0 bridgehead atoms. The summed E-state index contributed by atoms with van der Waals surface area (Å²) in [6.45, 7) is 7.36. The molecule has 0 fully saturated rings. The van der Waals surface area contributed by atoms with Gasteiger partial charge in [-0.3, -0.25) is 0 Å². The number of hydrogen-bond acceptors (Lipinski definition) is 3. The zero-order valence-corrected chi connectivity index (χ0v) is 11.5. The summed E-state index contributed by atoms with van der Waals surface area (Å²) in [4.78, 5) is 17.8. The van der Waals surface area contributed by atoms with Crippen molar-refractivity contribution in [1.29, 1.82) is 0 Å². The number of urea groups is 1. The third kappa shape index (κ3) is 4.39. The fourth-order valence-electron chi connectivity index (χ4n) is 1.53. The maximum Gasteiger partial charge on any atom is 0.325 e. The Morgan fingerprint density at radius 3 is 2.67 bits per heavy atom. The zero-order valence-electron chi connectivity index (χ0n) is 11.5. The number of unbranched alkanes of at least 4 members (excludes halogenated alkanes) is 2. The van der Waals surface area contributed by atoms with Crippen molar-refractivity contribution in [2.24, 2.45) is 0 Å². The second-order valence-electron chi connectivity index (χ2n) is 4.36. The first-order chi connectivity index (χ1) is 8.69. The van der Waals surface area contributed by atoms with Crippen LogP contribution in [-0.4, -0.2) is 24.1 Å². The predicted molar refractivity (Wildman–Crippen MR) is 71.8 cm³/mol. The number of aryl methyl sites for hydroxylation is 1. The van der Waals surface area contributed by atoms with Crippen LogP contribution in [0.1, 0.15) is 45.2 Å². The molecule has 0 aromatic carbocycles. The van der Waals surface area contributed by atoms with Crippen LogP contribution < -0.4 is 10.2 Å². The highest BCUT2D eigenvalue weighted by atomic mass is 16.4. The van der Waals surface area contributed by atoms with Crippen LogP contribution in [0.3, 0.4) is 0 Å². The summed E-state index contributed by atoms with van der Waals surface area (Å²) in [6.07, 6.45) is 5.57. The van der Waals surface area contributed by atoms with Gasteiger partial charge in [-0.15, -0.1) is 0 Å². The van der Waals surface area contributed by atoms with E-state index in [0.717, 1.165) is 31.4 Å². The van der Waals surface area contributed by atoms with Crippen molar-refractivity contribution in [3.63, 3.8) is 0 Å². The van der Waals surface area contributed by atoms with Crippen LogP contribution in [0.4, 0.5) is 10.8 Å². The molecule has 1 rings (SSSR count). The van der Waals surface area contributed by atoms with Crippen LogP contribution in [0.2, 0.25) is 0 Å². The predicted octanol–water partition coefficient (Wildman–Crippen LogP) is 3.10. The molecule has 0 aliphatic carbocycles. The van der Waals surface area contributed by atoms with Gasteiger partial charge in [-0.2, -0.15) is 4.98 Å². The first-order valence-electron chi connectivity index (χ1n) is 6.66. The molecule has 2 amide bonds. The first-order valence-corrected chi connectivity index (χ1v) is 6.66. The molecule has 0 unspecified atom stereocenters. The lowest BCUT2D eigenvalue weighted by atomic mass is 10.3. The van der Waals surface area contributed by atoms with Gasteiger partial charge in [0.05, 0.1) is 5.69 Å². The maximum absolute atomic E-state index is 12.0. The fourth-order valence-corrected chi connectivity index (χ4v) is 1.53. The Hall–Kier alpha value is -1.52. The Kier molecular flexibility index (Phi) is 6.25. The molecule has 5 heteroatoms. The standard InChI is InChI=1S/C13H23N3O2/c1-4-6-8-14-12(17)16(9-7-5-2)13-15-11(3)10-18-13/h10H,4-9H2,1-3H3,(H,14,17). The van der Waals surface area contributed by atoms with Crippen molar-refractivity contribution in [3.8, 4) is 0 Å². The van der Waals surface area contributed by atoms with E-state index in [4.69, 9.17) is 4.42 Å². The molecule has 0 spiro atoms. The summed E-state index contributed by atoms with van der Waals surface area (Å²) < 4.78 is 5.30. The van der Waals surface area contributed by atoms with Gasteiger partial charge >= 0.3 is 12.0 Å². The van der Waals surface area contributed by atoms with Crippen LogP contribution in [0.5, 0.6) is 0 Å². The Labute approximate surface area is 109 Å². The van der Waals surface area contributed by atoms with E-state index >= 15 is 0 Å². The minimum Gasteiger partial charge on any atom is -0.431 e. The summed E-state index contributed by atoms with van der Waals surface area (Å²) >= 11 is 0. The SMILES string of the molecule is CCCCNC(=O)N(CCCC)c1nc(C)co1. The number of hydrogen-bond donors (Lipinski definition) is 1. The smallest absolute Gasteiger partial charge is 0.325 e. The highest BCUT2D eigenvalue weighted by Gasteiger charge is 2.19. The Balaban J connectivity index is 2.62. The highest BCUT2D eigenvalue weighted by Crippen LogP contribution is 2.14.